The lowest BCUT2D eigenvalue weighted by atomic mass is 9.49. The number of aliphatic hydroxyl groups excluding tert-OH is 1. The summed E-state index contributed by atoms with van der Waals surface area (Å²) in [5.41, 5.74) is 0.170. The molecule has 1 aromatic rings. The Kier molecular flexibility index (Phi) is 9.27. The highest BCUT2D eigenvalue weighted by atomic mass is 16.6. The zero-order chi connectivity index (χ0) is 28.3. The lowest BCUT2D eigenvalue weighted by Crippen LogP contribution is -2.54. The van der Waals surface area contributed by atoms with E-state index in [1.165, 1.54) is 6.07 Å². The fourth-order valence-electron chi connectivity index (χ4n) is 8.81. The average molecular weight is 559 g/mol. The van der Waals surface area contributed by atoms with Crippen LogP contribution in [-0.4, -0.2) is 65.2 Å². The number of rotatable bonds is 5. The third-order valence-corrected chi connectivity index (χ3v) is 11.3. The Morgan fingerprint density at radius 3 is 2.58 bits per heavy atom. The highest BCUT2D eigenvalue weighted by Gasteiger charge is 2.54. The summed E-state index contributed by atoms with van der Waals surface area (Å²) in [6.07, 6.45) is 13.1. The van der Waals surface area contributed by atoms with Crippen LogP contribution < -0.4 is 10.9 Å². The number of piperidine rings is 1. The first-order valence-corrected chi connectivity index (χ1v) is 15.8. The molecule has 0 radical (unpaired) electrons. The van der Waals surface area contributed by atoms with E-state index < -0.39 is 5.60 Å². The van der Waals surface area contributed by atoms with Crippen LogP contribution >= 0.6 is 0 Å². The van der Waals surface area contributed by atoms with Gasteiger partial charge in [0.05, 0.1) is 18.5 Å². The van der Waals surface area contributed by atoms with Crippen molar-refractivity contribution in [3.63, 3.8) is 0 Å². The summed E-state index contributed by atoms with van der Waals surface area (Å²) in [6, 6.07) is 3.76. The summed E-state index contributed by atoms with van der Waals surface area (Å²) in [7, 11) is 0. The molecular formula is C32H50N2O6. The van der Waals surface area contributed by atoms with Gasteiger partial charge in [-0.1, -0.05) is 13.3 Å². The van der Waals surface area contributed by atoms with E-state index in [9.17, 15) is 14.7 Å². The van der Waals surface area contributed by atoms with E-state index in [1.54, 1.807) is 6.26 Å². The molecule has 1 aromatic heterocycles. The number of fused-ring (bicyclic) bond motifs is 3. The Morgan fingerprint density at radius 1 is 1.05 bits per heavy atom. The van der Waals surface area contributed by atoms with Crippen molar-refractivity contribution in [1.29, 1.82) is 0 Å². The first-order valence-electron chi connectivity index (χ1n) is 15.8. The Balaban J connectivity index is 1.20. The Labute approximate surface area is 238 Å². The number of hydrogen-bond acceptors (Lipinski definition) is 7. The van der Waals surface area contributed by atoms with Gasteiger partial charge in [-0.15, -0.1) is 0 Å². The van der Waals surface area contributed by atoms with Crippen LogP contribution in [0.4, 0.5) is 4.79 Å². The van der Waals surface area contributed by atoms with Gasteiger partial charge in [0, 0.05) is 31.7 Å². The van der Waals surface area contributed by atoms with Crippen LogP contribution in [0, 0.1) is 23.2 Å². The molecule has 3 N–H and O–H groups in total. The quantitative estimate of drug-likeness (QED) is 0.475. The van der Waals surface area contributed by atoms with Crippen molar-refractivity contribution in [2.75, 3.05) is 26.2 Å². The maximum absolute atomic E-state index is 13.0. The molecule has 0 spiro atoms. The van der Waals surface area contributed by atoms with Gasteiger partial charge in [-0.05, 0) is 118 Å². The number of nitrogens with one attached hydrogen (secondary N) is 1. The van der Waals surface area contributed by atoms with Gasteiger partial charge in [0.25, 0.3) is 0 Å². The summed E-state index contributed by atoms with van der Waals surface area (Å²) in [5.74, 6) is 1.53. The minimum absolute atomic E-state index is 0.0266. The molecule has 7 unspecified atom stereocenters. The second kappa shape index (κ2) is 12.5. The molecule has 3 aliphatic carbocycles. The van der Waals surface area contributed by atoms with Crippen LogP contribution in [0.2, 0.25) is 0 Å². The van der Waals surface area contributed by atoms with Crippen LogP contribution in [0.3, 0.4) is 0 Å². The number of carbonyl (C=O) groups excluding carboxylic acids is 1. The summed E-state index contributed by atoms with van der Waals surface area (Å²) in [5, 5.41) is 24.2. The lowest BCUT2D eigenvalue weighted by molar-refractivity contribution is -0.135. The molecule has 224 valence electrons. The van der Waals surface area contributed by atoms with E-state index in [-0.39, 0.29) is 35.8 Å². The first-order chi connectivity index (χ1) is 19.2. The highest BCUT2D eigenvalue weighted by molar-refractivity contribution is 5.68. The number of likely N-dealkylation sites (tertiary alicyclic amines) is 1. The fourth-order valence-corrected chi connectivity index (χ4v) is 8.81. The Morgan fingerprint density at radius 2 is 1.85 bits per heavy atom. The summed E-state index contributed by atoms with van der Waals surface area (Å²) >= 11 is 0. The third-order valence-electron chi connectivity index (χ3n) is 11.3. The van der Waals surface area contributed by atoms with Crippen molar-refractivity contribution in [3.8, 4) is 0 Å². The second-order valence-corrected chi connectivity index (χ2v) is 13.6. The number of nitrogens with zero attached hydrogens (tertiary/aromatic N) is 1. The predicted molar refractivity (Wildman–Crippen MR) is 153 cm³/mol. The highest BCUT2D eigenvalue weighted by Crippen LogP contribution is 2.60. The predicted octanol–water partition coefficient (Wildman–Crippen LogP) is 4.82. The molecule has 8 nitrogen and oxygen atoms in total. The van der Waals surface area contributed by atoms with Gasteiger partial charge >= 0.3 is 11.7 Å². The van der Waals surface area contributed by atoms with Crippen LogP contribution in [0.25, 0.3) is 0 Å². The number of ether oxygens (including phenoxy) is 1. The largest absolute Gasteiger partial charge is 0.446 e. The monoisotopic (exact) mass is 558 g/mol. The van der Waals surface area contributed by atoms with Gasteiger partial charge in [0.2, 0.25) is 0 Å². The van der Waals surface area contributed by atoms with E-state index >= 15 is 0 Å². The molecule has 2 heterocycles. The average Bonchev–Trinajstić information content (AvgIpc) is 3.01. The topological polar surface area (TPSA) is 112 Å². The zero-order valence-corrected chi connectivity index (χ0v) is 24.5. The van der Waals surface area contributed by atoms with Crippen molar-refractivity contribution in [1.82, 2.24) is 10.2 Å². The standard InChI is InChI=1S/C32H50N2O6/c1-31-14-11-26(40-30(37)34-17-12-25(13-18-34)33-16-19-35)20-24(31)7-8-28-27(31)5-3-4-22(10-15-32(28,2)38)23-6-9-29(36)39-21-23/h6,9,21-22,24-28,33,35,38H,3-5,7-8,10-20H2,1-2H3. The van der Waals surface area contributed by atoms with E-state index in [0.717, 1.165) is 82.6 Å². The number of amides is 1. The van der Waals surface area contributed by atoms with Crippen molar-refractivity contribution < 1.29 is 24.2 Å². The first kappa shape index (κ1) is 29.6. The van der Waals surface area contributed by atoms with Crippen LogP contribution in [-0.2, 0) is 4.74 Å². The molecule has 4 fully saturated rings. The second-order valence-electron chi connectivity index (χ2n) is 13.6. The van der Waals surface area contributed by atoms with Gasteiger partial charge in [-0.2, -0.15) is 0 Å². The normalized spacial score (nSPS) is 37.4. The number of hydrogen-bond donors (Lipinski definition) is 3. The zero-order valence-electron chi connectivity index (χ0n) is 24.5. The van der Waals surface area contributed by atoms with Crippen molar-refractivity contribution in [2.45, 2.75) is 115 Å². The molecule has 1 aliphatic heterocycles. The Hall–Kier alpha value is -1.90. The van der Waals surface area contributed by atoms with Crippen LogP contribution in [0.15, 0.2) is 27.6 Å². The van der Waals surface area contributed by atoms with E-state index in [1.807, 2.05) is 11.0 Å². The molecule has 1 saturated heterocycles. The number of aliphatic hydroxyl groups is 2. The van der Waals surface area contributed by atoms with Gasteiger partial charge in [-0.3, -0.25) is 0 Å². The minimum atomic E-state index is -0.724. The molecule has 3 saturated carbocycles. The van der Waals surface area contributed by atoms with Gasteiger partial charge in [0.1, 0.15) is 6.10 Å². The SMILES string of the molecule is CC1(O)CCC(c2ccc(=O)oc2)CCCC2C1CCC1CC(OC(=O)N3CCC(NCCO)CC3)CCC12C. The molecule has 5 rings (SSSR count). The van der Waals surface area contributed by atoms with Gasteiger partial charge < -0.3 is 29.6 Å². The van der Waals surface area contributed by atoms with Crippen LogP contribution in [0.1, 0.15) is 102 Å². The summed E-state index contributed by atoms with van der Waals surface area (Å²) in [4.78, 5) is 26.4. The smallest absolute Gasteiger partial charge is 0.410 e. The third kappa shape index (κ3) is 6.44. The molecule has 0 aromatic carbocycles. The van der Waals surface area contributed by atoms with Crippen molar-refractivity contribution in [3.05, 3.63) is 34.4 Å². The minimum Gasteiger partial charge on any atom is -0.446 e. The molecule has 40 heavy (non-hydrogen) atoms. The van der Waals surface area contributed by atoms with Crippen molar-refractivity contribution in [2.24, 2.45) is 23.2 Å². The molecule has 7 atom stereocenters. The van der Waals surface area contributed by atoms with E-state index in [0.29, 0.717) is 43.4 Å². The summed E-state index contributed by atoms with van der Waals surface area (Å²) in [6.45, 7) is 6.64. The maximum atomic E-state index is 13.0. The Bertz CT molecular complexity index is 1030. The molecule has 0 bridgehead atoms. The molecule has 4 aliphatic rings. The van der Waals surface area contributed by atoms with E-state index in [4.69, 9.17) is 14.3 Å². The lowest BCUT2D eigenvalue weighted by Gasteiger charge is -2.57. The molecule has 1 amide bonds. The fraction of sp³-hybridized carbons (Fsp3) is 0.812. The molecular weight excluding hydrogens is 508 g/mol. The number of carbonyl (C=O) groups is 1. The van der Waals surface area contributed by atoms with Crippen LogP contribution in [0.5, 0.6) is 0 Å². The van der Waals surface area contributed by atoms with Crippen molar-refractivity contribution >= 4 is 6.09 Å². The maximum Gasteiger partial charge on any atom is 0.410 e. The van der Waals surface area contributed by atoms with Gasteiger partial charge in [-0.25, -0.2) is 9.59 Å². The van der Waals surface area contributed by atoms with Gasteiger partial charge in [0.15, 0.2) is 0 Å². The van der Waals surface area contributed by atoms with E-state index in [2.05, 4.69) is 19.2 Å². The molecule has 8 heteroatoms. The summed E-state index contributed by atoms with van der Waals surface area (Å²) < 4.78 is 11.3.